The maximum absolute atomic E-state index is 5.84. The van der Waals surface area contributed by atoms with Crippen molar-refractivity contribution < 1.29 is 9.47 Å². The molecular weight excluding hydrogens is 262 g/mol. The van der Waals surface area contributed by atoms with Crippen LogP contribution in [0, 0.1) is 6.92 Å². The van der Waals surface area contributed by atoms with Crippen LogP contribution < -0.4 is 15.2 Å². The number of ether oxygens (including phenoxy) is 2. The van der Waals surface area contributed by atoms with Gasteiger partial charge in [0.1, 0.15) is 18.1 Å². The lowest BCUT2D eigenvalue weighted by Gasteiger charge is -2.12. The Hall–Kier alpha value is -2.00. The number of hydrogen-bond acceptors (Lipinski definition) is 3. The molecule has 0 saturated carbocycles. The van der Waals surface area contributed by atoms with Crippen LogP contribution in [0.4, 0.5) is 0 Å². The molecule has 21 heavy (non-hydrogen) atoms. The van der Waals surface area contributed by atoms with Crippen molar-refractivity contribution in [1.29, 1.82) is 0 Å². The van der Waals surface area contributed by atoms with E-state index in [9.17, 15) is 0 Å². The van der Waals surface area contributed by atoms with Gasteiger partial charge in [-0.1, -0.05) is 23.8 Å². The molecule has 2 aromatic carbocycles. The maximum atomic E-state index is 5.84. The zero-order valence-electron chi connectivity index (χ0n) is 12.8. The van der Waals surface area contributed by atoms with Gasteiger partial charge in [-0.15, -0.1) is 0 Å². The largest absolute Gasteiger partial charge is 0.496 e. The first kappa shape index (κ1) is 15.4. The molecule has 0 aromatic heterocycles. The Balaban J connectivity index is 2.07. The molecule has 0 aliphatic carbocycles. The third-order valence-corrected chi connectivity index (χ3v) is 3.43. The summed E-state index contributed by atoms with van der Waals surface area (Å²) in [6.07, 6.45) is 1.97. The molecule has 2 rings (SSSR count). The number of aryl methyl sites for hydroxylation is 2. The quantitative estimate of drug-likeness (QED) is 0.847. The van der Waals surface area contributed by atoms with E-state index in [-0.39, 0.29) is 0 Å². The molecule has 3 nitrogen and oxygen atoms in total. The average Bonchev–Trinajstić information content (AvgIpc) is 2.52. The molecule has 0 radical (unpaired) electrons. The minimum Gasteiger partial charge on any atom is -0.496 e. The number of rotatable bonds is 7. The highest BCUT2D eigenvalue weighted by atomic mass is 16.5. The van der Waals surface area contributed by atoms with Crippen LogP contribution in [0.15, 0.2) is 42.5 Å². The second-order valence-electron chi connectivity index (χ2n) is 5.14. The molecule has 0 atom stereocenters. The molecule has 0 fully saturated rings. The molecule has 3 heteroatoms. The lowest BCUT2D eigenvalue weighted by Crippen LogP contribution is -2.03. The Bertz CT molecular complexity index is 564. The van der Waals surface area contributed by atoms with Crippen molar-refractivity contribution in [3.8, 4) is 11.5 Å². The molecule has 0 aliphatic rings. The first-order chi connectivity index (χ1) is 10.2. The summed E-state index contributed by atoms with van der Waals surface area (Å²) >= 11 is 0. The molecule has 0 unspecified atom stereocenters. The third kappa shape index (κ3) is 4.50. The van der Waals surface area contributed by atoms with Crippen molar-refractivity contribution in [3.63, 3.8) is 0 Å². The molecular formula is C18H23NO2. The van der Waals surface area contributed by atoms with Gasteiger partial charge in [0.05, 0.1) is 7.11 Å². The van der Waals surface area contributed by atoms with E-state index in [1.807, 2.05) is 30.3 Å². The lowest BCUT2D eigenvalue weighted by molar-refractivity contribution is 0.296. The van der Waals surface area contributed by atoms with Crippen LogP contribution in [0.2, 0.25) is 0 Å². The summed E-state index contributed by atoms with van der Waals surface area (Å²) in [5.41, 5.74) is 9.12. The Kier molecular flexibility index (Phi) is 5.64. The Labute approximate surface area is 126 Å². The predicted molar refractivity (Wildman–Crippen MR) is 85.9 cm³/mol. The molecule has 0 bridgehead atoms. The SMILES string of the molecule is COc1ccc(CCCN)cc1COc1ccc(C)cc1. The van der Waals surface area contributed by atoms with Gasteiger partial charge in [0, 0.05) is 5.56 Å². The Morgan fingerprint density at radius 1 is 1.05 bits per heavy atom. The van der Waals surface area contributed by atoms with E-state index in [0.717, 1.165) is 29.9 Å². The van der Waals surface area contributed by atoms with Gasteiger partial charge in [-0.05, 0) is 56.1 Å². The smallest absolute Gasteiger partial charge is 0.125 e. The minimum atomic E-state index is 0.503. The number of nitrogens with two attached hydrogens (primary N) is 1. The van der Waals surface area contributed by atoms with Gasteiger partial charge in [-0.25, -0.2) is 0 Å². The van der Waals surface area contributed by atoms with Gasteiger partial charge in [0.15, 0.2) is 0 Å². The standard InChI is InChI=1S/C18H23NO2/c1-14-5-8-17(9-6-14)21-13-16-12-15(4-3-11-19)7-10-18(16)20-2/h5-10,12H,3-4,11,13,19H2,1-2H3. The van der Waals surface area contributed by atoms with Crippen LogP contribution in [-0.2, 0) is 13.0 Å². The summed E-state index contributed by atoms with van der Waals surface area (Å²) in [7, 11) is 1.68. The van der Waals surface area contributed by atoms with Crippen LogP contribution >= 0.6 is 0 Å². The highest BCUT2D eigenvalue weighted by Crippen LogP contribution is 2.23. The van der Waals surface area contributed by atoms with Crippen molar-refractivity contribution in [1.82, 2.24) is 0 Å². The first-order valence-electron chi connectivity index (χ1n) is 7.28. The van der Waals surface area contributed by atoms with E-state index < -0.39 is 0 Å². The van der Waals surface area contributed by atoms with Crippen molar-refractivity contribution in [2.75, 3.05) is 13.7 Å². The third-order valence-electron chi connectivity index (χ3n) is 3.43. The van der Waals surface area contributed by atoms with E-state index in [1.165, 1.54) is 11.1 Å². The van der Waals surface area contributed by atoms with Gasteiger partial charge >= 0.3 is 0 Å². The monoisotopic (exact) mass is 285 g/mol. The zero-order valence-corrected chi connectivity index (χ0v) is 12.8. The Morgan fingerprint density at radius 2 is 1.81 bits per heavy atom. The van der Waals surface area contributed by atoms with Gasteiger partial charge < -0.3 is 15.2 Å². The molecule has 0 saturated heterocycles. The summed E-state index contributed by atoms with van der Waals surface area (Å²) in [6, 6.07) is 14.3. The van der Waals surface area contributed by atoms with Crippen molar-refractivity contribution >= 4 is 0 Å². The van der Waals surface area contributed by atoms with E-state index >= 15 is 0 Å². The molecule has 0 heterocycles. The first-order valence-corrected chi connectivity index (χ1v) is 7.28. The van der Waals surface area contributed by atoms with Crippen molar-refractivity contribution in [2.24, 2.45) is 5.73 Å². The van der Waals surface area contributed by atoms with Gasteiger partial charge in [-0.3, -0.25) is 0 Å². The molecule has 112 valence electrons. The highest BCUT2D eigenvalue weighted by Gasteiger charge is 2.06. The predicted octanol–water partition coefficient (Wildman–Crippen LogP) is 3.47. The average molecular weight is 285 g/mol. The van der Waals surface area contributed by atoms with Crippen molar-refractivity contribution in [3.05, 3.63) is 59.2 Å². The lowest BCUT2D eigenvalue weighted by atomic mass is 10.1. The van der Waals surface area contributed by atoms with Gasteiger partial charge in [0.2, 0.25) is 0 Å². The topological polar surface area (TPSA) is 44.5 Å². The molecule has 2 aromatic rings. The number of benzene rings is 2. The molecule has 0 spiro atoms. The number of methoxy groups -OCH3 is 1. The number of hydrogen-bond donors (Lipinski definition) is 1. The van der Waals surface area contributed by atoms with Crippen LogP contribution in [0.1, 0.15) is 23.1 Å². The fraction of sp³-hybridized carbons (Fsp3) is 0.333. The van der Waals surface area contributed by atoms with Crippen LogP contribution in [0.5, 0.6) is 11.5 Å². The van der Waals surface area contributed by atoms with Gasteiger partial charge in [0.25, 0.3) is 0 Å². The summed E-state index contributed by atoms with van der Waals surface area (Å²) in [5, 5.41) is 0. The summed E-state index contributed by atoms with van der Waals surface area (Å²) in [5.74, 6) is 1.73. The highest BCUT2D eigenvalue weighted by molar-refractivity contribution is 5.37. The van der Waals surface area contributed by atoms with E-state index in [2.05, 4.69) is 19.1 Å². The second kappa shape index (κ2) is 7.70. The minimum absolute atomic E-state index is 0.503. The summed E-state index contributed by atoms with van der Waals surface area (Å²) in [4.78, 5) is 0. The maximum Gasteiger partial charge on any atom is 0.125 e. The van der Waals surface area contributed by atoms with Crippen molar-refractivity contribution in [2.45, 2.75) is 26.4 Å². The summed E-state index contributed by atoms with van der Waals surface area (Å²) in [6.45, 7) is 3.28. The van der Waals surface area contributed by atoms with Gasteiger partial charge in [-0.2, -0.15) is 0 Å². The van der Waals surface area contributed by atoms with Crippen LogP contribution in [-0.4, -0.2) is 13.7 Å². The molecule has 0 amide bonds. The summed E-state index contributed by atoms with van der Waals surface area (Å²) < 4.78 is 11.3. The van der Waals surface area contributed by atoms with E-state index in [0.29, 0.717) is 13.2 Å². The van der Waals surface area contributed by atoms with E-state index in [4.69, 9.17) is 15.2 Å². The van der Waals surface area contributed by atoms with Crippen LogP contribution in [0.3, 0.4) is 0 Å². The molecule has 0 aliphatic heterocycles. The second-order valence-corrected chi connectivity index (χ2v) is 5.14. The van der Waals surface area contributed by atoms with Crippen LogP contribution in [0.25, 0.3) is 0 Å². The fourth-order valence-corrected chi connectivity index (χ4v) is 2.20. The molecule has 2 N–H and O–H groups in total. The zero-order chi connectivity index (χ0) is 15.1. The Morgan fingerprint density at radius 3 is 2.48 bits per heavy atom. The van der Waals surface area contributed by atoms with E-state index in [1.54, 1.807) is 7.11 Å². The normalized spacial score (nSPS) is 10.4. The fourth-order valence-electron chi connectivity index (χ4n) is 2.20.